The van der Waals surface area contributed by atoms with Crippen molar-refractivity contribution in [1.29, 1.82) is 5.26 Å². The number of ether oxygens (including phenoxy) is 3. The Labute approximate surface area is 220 Å². The van der Waals surface area contributed by atoms with Crippen molar-refractivity contribution in [2.75, 3.05) is 12.1 Å². The third-order valence-corrected chi connectivity index (χ3v) is 6.54. The molecule has 0 saturated heterocycles. The molecule has 0 spiro atoms. The molecular formula is C24H15Br2IN2O4. The smallest absolute Gasteiger partial charge is 0.266 e. The highest BCUT2D eigenvalue weighted by atomic mass is 127. The van der Waals surface area contributed by atoms with Gasteiger partial charge in [0.25, 0.3) is 5.91 Å². The van der Waals surface area contributed by atoms with Crippen LogP contribution in [0, 0.1) is 14.9 Å². The molecule has 3 aromatic rings. The van der Waals surface area contributed by atoms with E-state index in [1.165, 1.54) is 0 Å². The largest absolute Gasteiger partial charge is 0.487 e. The summed E-state index contributed by atoms with van der Waals surface area (Å²) in [5.74, 6) is 1.62. The van der Waals surface area contributed by atoms with E-state index >= 15 is 0 Å². The van der Waals surface area contributed by atoms with Gasteiger partial charge in [0, 0.05) is 10.2 Å². The first kappa shape index (κ1) is 23.6. The number of nitriles is 1. The van der Waals surface area contributed by atoms with Crippen LogP contribution >= 0.6 is 54.5 Å². The molecule has 3 aromatic carbocycles. The predicted molar refractivity (Wildman–Crippen MR) is 140 cm³/mol. The summed E-state index contributed by atoms with van der Waals surface area (Å²) in [4.78, 5) is 12.5. The zero-order valence-corrected chi connectivity index (χ0v) is 22.2. The van der Waals surface area contributed by atoms with E-state index in [-0.39, 0.29) is 12.4 Å². The second-order valence-corrected chi connectivity index (χ2v) is 9.85. The van der Waals surface area contributed by atoms with Gasteiger partial charge in [-0.2, -0.15) is 5.26 Å². The van der Waals surface area contributed by atoms with Crippen molar-refractivity contribution in [2.45, 2.75) is 6.61 Å². The SMILES string of the molecule is N#C/C(=C/c1cc(Br)c(OCc2ccc3c(c2)OCO3)c(I)c1)C(=O)Nc1ccc(Br)cc1. The lowest BCUT2D eigenvalue weighted by Crippen LogP contribution is -2.13. The Kier molecular flexibility index (Phi) is 7.57. The van der Waals surface area contributed by atoms with E-state index in [2.05, 4.69) is 59.8 Å². The van der Waals surface area contributed by atoms with Gasteiger partial charge < -0.3 is 19.5 Å². The zero-order valence-electron chi connectivity index (χ0n) is 16.9. The summed E-state index contributed by atoms with van der Waals surface area (Å²) in [6.45, 7) is 0.573. The Morgan fingerprint density at radius 1 is 1.12 bits per heavy atom. The van der Waals surface area contributed by atoms with Crippen LogP contribution in [0.2, 0.25) is 0 Å². The Hall–Kier alpha value is -2.55. The molecule has 0 aliphatic carbocycles. The molecule has 0 radical (unpaired) electrons. The van der Waals surface area contributed by atoms with Crippen molar-refractivity contribution >= 4 is 72.1 Å². The number of halogens is 3. The van der Waals surface area contributed by atoms with Gasteiger partial charge in [-0.3, -0.25) is 4.79 Å². The summed E-state index contributed by atoms with van der Waals surface area (Å²) in [5, 5.41) is 12.2. The van der Waals surface area contributed by atoms with Gasteiger partial charge in [-0.15, -0.1) is 0 Å². The number of carbonyl (C=O) groups excluding carboxylic acids is 1. The first-order valence-electron chi connectivity index (χ1n) is 9.62. The molecular weight excluding hydrogens is 667 g/mol. The molecule has 6 nitrogen and oxygen atoms in total. The van der Waals surface area contributed by atoms with Crippen LogP contribution in [0.4, 0.5) is 5.69 Å². The molecule has 33 heavy (non-hydrogen) atoms. The van der Waals surface area contributed by atoms with Crippen LogP contribution in [0.25, 0.3) is 6.08 Å². The van der Waals surface area contributed by atoms with Crippen molar-refractivity contribution in [1.82, 2.24) is 0 Å². The van der Waals surface area contributed by atoms with E-state index in [4.69, 9.17) is 14.2 Å². The molecule has 4 rings (SSSR count). The second kappa shape index (κ2) is 10.6. The van der Waals surface area contributed by atoms with E-state index in [9.17, 15) is 10.1 Å². The summed E-state index contributed by atoms with van der Waals surface area (Å²) < 4.78 is 19.2. The summed E-state index contributed by atoms with van der Waals surface area (Å²) in [6, 6.07) is 18.4. The molecule has 1 aliphatic rings. The molecule has 0 fully saturated rings. The molecule has 0 aromatic heterocycles. The summed E-state index contributed by atoms with van der Waals surface area (Å²) in [5.41, 5.74) is 2.24. The van der Waals surface area contributed by atoms with Gasteiger partial charge in [0.05, 0.1) is 8.04 Å². The monoisotopic (exact) mass is 680 g/mol. The minimum atomic E-state index is -0.478. The number of hydrogen-bond donors (Lipinski definition) is 1. The number of nitrogens with one attached hydrogen (secondary N) is 1. The van der Waals surface area contributed by atoms with E-state index in [0.29, 0.717) is 33.8 Å². The number of fused-ring (bicyclic) bond motifs is 1. The molecule has 1 N–H and O–H groups in total. The van der Waals surface area contributed by atoms with Gasteiger partial charge in [-0.1, -0.05) is 22.0 Å². The maximum absolute atomic E-state index is 12.5. The maximum atomic E-state index is 12.5. The molecule has 1 amide bonds. The van der Waals surface area contributed by atoms with Gasteiger partial charge >= 0.3 is 0 Å². The van der Waals surface area contributed by atoms with Gasteiger partial charge in [0.2, 0.25) is 6.79 Å². The highest BCUT2D eigenvalue weighted by Crippen LogP contribution is 2.35. The number of rotatable bonds is 6. The van der Waals surface area contributed by atoms with Crippen LogP contribution in [0.5, 0.6) is 17.2 Å². The molecule has 166 valence electrons. The third kappa shape index (κ3) is 5.88. The highest BCUT2D eigenvalue weighted by molar-refractivity contribution is 14.1. The molecule has 0 bridgehead atoms. The number of nitrogens with zero attached hydrogens (tertiary/aromatic N) is 1. The summed E-state index contributed by atoms with van der Waals surface area (Å²) in [7, 11) is 0. The van der Waals surface area contributed by atoms with E-state index in [1.807, 2.05) is 42.5 Å². The van der Waals surface area contributed by atoms with Gasteiger partial charge in [0.15, 0.2) is 11.5 Å². The molecule has 0 unspecified atom stereocenters. The number of anilines is 1. The van der Waals surface area contributed by atoms with Crippen LogP contribution in [-0.4, -0.2) is 12.7 Å². The Morgan fingerprint density at radius 2 is 1.88 bits per heavy atom. The minimum absolute atomic E-state index is 0.00496. The number of amides is 1. The van der Waals surface area contributed by atoms with E-state index < -0.39 is 5.91 Å². The molecule has 0 saturated carbocycles. The van der Waals surface area contributed by atoms with Crippen molar-refractivity contribution in [2.24, 2.45) is 0 Å². The van der Waals surface area contributed by atoms with E-state index in [0.717, 1.165) is 19.4 Å². The molecule has 1 heterocycles. The molecule has 0 atom stereocenters. The van der Waals surface area contributed by atoms with Crippen LogP contribution < -0.4 is 19.5 Å². The summed E-state index contributed by atoms with van der Waals surface area (Å²) in [6.07, 6.45) is 1.54. The van der Waals surface area contributed by atoms with E-state index in [1.54, 1.807) is 24.3 Å². The topological polar surface area (TPSA) is 80.6 Å². The fourth-order valence-corrected chi connectivity index (χ4v) is 5.07. The standard InChI is InChI=1S/C24H15Br2IN2O4/c25-17-2-4-18(5-3-17)29-24(30)16(11-28)7-15-8-19(26)23(20(27)9-15)31-12-14-1-6-21-22(10-14)33-13-32-21/h1-10H,12-13H2,(H,29,30)/b16-7-. The average molecular weight is 682 g/mol. The lowest BCUT2D eigenvalue weighted by molar-refractivity contribution is -0.112. The summed E-state index contributed by atoms with van der Waals surface area (Å²) >= 11 is 9.06. The van der Waals surface area contributed by atoms with Crippen molar-refractivity contribution in [3.63, 3.8) is 0 Å². The average Bonchev–Trinajstić information content (AvgIpc) is 3.26. The van der Waals surface area contributed by atoms with Crippen LogP contribution in [0.1, 0.15) is 11.1 Å². The Bertz CT molecular complexity index is 1260. The van der Waals surface area contributed by atoms with Crippen molar-refractivity contribution in [3.05, 3.63) is 83.8 Å². The fraction of sp³-hybridized carbons (Fsp3) is 0.0833. The van der Waals surface area contributed by atoms with Gasteiger partial charge in [-0.25, -0.2) is 0 Å². The second-order valence-electron chi connectivity index (χ2n) is 6.92. The first-order valence-corrected chi connectivity index (χ1v) is 12.3. The normalized spacial score (nSPS) is 12.2. The van der Waals surface area contributed by atoms with Crippen molar-refractivity contribution in [3.8, 4) is 23.3 Å². The maximum Gasteiger partial charge on any atom is 0.266 e. The van der Waals surface area contributed by atoms with Crippen LogP contribution in [0.15, 0.2) is 69.1 Å². The van der Waals surface area contributed by atoms with Gasteiger partial charge in [0.1, 0.15) is 24.0 Å². The predicted octanol–water partition coefficient (Wildman–Crippen LogP) is 6.67. The number of carbonyl (C=O) groups is 1. The third-order valence-electron chi connectivity index (χ3n) is 4.62. The first-order chi connectivity index (χ1) is 15.9. The number of benzene rings is 3. The quantitative estimate of drug-likeness (QED) is 0.179. The van der Waals surface area contributed by atoms with Crippen molar-refractivity contribution < 1.29 is 19.0 Å². The molecule has 1 aliphatic heterocycles. The zero-order chi connectivity index (χ0) is 23.4. The van der Waals surface area contributed by atoms with Crippen LogP contribution in [-0.2, 0) is 11.4 Å². The highest BCUT2D eigenvalue weighted by Gasteiger charge is 2.15. The van der Waals surface area contributed by atoms with Gasteiger partial charge in [-0.05, 0) is 104 Å². The molecule has 9 heteroatoms. The Morgan fingerprint density at radius 3 is 2.61 bits per heavy atom. The lowest BCUT2D eigenvalue weighted by atomic mass is 10.1. The number of hydrogen-bond acceptors (Lipinski definition) is 5. The van der Waals surface area contributed by atoms with Crippen LogP contribution in [0.3, 0.4) is 0 Å². The fourth-order valence-electron chi connectivity index (χ4n) is 3.03. The Balaban J connectivity index is 1.48. The minimum Gasteiger partial charge on any atom is -0.487 e. The lowest BCUT2D eigenvalue weighted by Gasteiger charge is -2.12.